The number of nitrogens with zero attached hydrogens (tertiary/aromatic N) is 1. The Morgan fingerprint density at radius 1 is 0.671 bits per heavy atom. The van der Waals surface area contributed by atoms with E-state index in [1.54, 1.807) is 19.1 Å². The van der Waals surface area contributed by atoms with E-state index in [1.165, 1.54) is 6.92 Å². The lowest BCUT2D eigenvalue weighted by Crippen LogP contribution is -2.61. The standard InChI is InChI=1S/C58H79N5O13/c1-8-25-70-28-29-72-30-31-73-32-33-74-52-37-46(20-22-51(52)76-43(6)64)38-63(23-26-71-27-24-63)39-53(65)59-47(21-19-44-15-11-9-12-16-44)55(67)61-49(35-42(4)5)56(68)62-50(36-45-17-13-10-14-18-45)57(69)60-48(34-41(2)3)54(66)58(7)40-75-58/h1,9-18,20,22,37,41-42,47-50H,19,21,23-36,38-40H2,2-7H3,(H3-,59,60,61,62,65,67,68,69)/p+1/t47-,48-,49-,50-,58+/m0/s1. The van der Waals surface area contributed by atoms with Crippen molar-refractivity contribution in [1.82, 2.24) is 21.3 Å². The zero-order valence-electron chi connectivity index (χ0n) is 45.2. The SMILES string of the molecule is C#CCOCCOCCOCCOc1cc(C[N+]2(CC(=O)N[C@@H](CCc3ccccc3)C(=O)N[C@@H](CC(C)C)C(=O)N[C@@H](Cc3ccccc3)C(=O)N[C@@H](CC(C)C)C(=O)[C@@]3(C)CO3)CCOCC2)ccc1OC(C)=O. The number of quaternary nitrogens is 1. The lowest BCUT2D eigenvalue weighted by Gasteiger charge is -2.41. The molecule has 5 rings (SSSR count). The first-order valence-electron chi connectivity index (χ1n) is 26.5. The molecule has 3 aromatic rings. The van der Waals surface area contributed by atoms with Crippen molar-refractivity contribution in [3.05, 3.63) is 95.6 Å². The van der Waals surface area contributed by atoms with Crippen LogP contribution in [0.2, 0.25) is 0 Å². The molecule has 4 amide bonds. The van der Waals surface area contributed by atoms with Crippen molar-refractivity contribution in [1.29, 1.82) is 0 Å². The van der Waals surface area contributed by atoms with Crippen LogP contribution in [0.15, 0.2) is 78.9 Å². The molecule has 414 valence electrons. The summed E-state index contributed by atoms with van der Waals surface area (Å²) in [5.41, 5.74) is 1.59. The molecule has 0 bridgehead atoms. The minimum absolute atomic E-state index is 0.00405. The lowest BCUT2D eigenvalue weighted by molar-refractivity contribution is -0.940. The summed E-state index contributed by atoms with van der Waals surface area (Å²) in [4.78, 5) is 83.4. The fraction of sp³-hybridized carbons (Fsp3) is 0.552. The predicted octanol–water partition coefficient (Wildman–Crippen LogP) is 4.29. The molecule has 76 heavy (non-hydrogen) atoms. The molecule has 0 aromatic heterocycles. The second-order valence-electron chi connectivity index (χ2n) is 20.6. The number of esters is 1. The first kappa shape index (κ1) is 60.7. The number of rotatable bonds is 34. The summed E-state index contributed by atoms with van der Waals surface area (Å²) in [5.74, 6) is 0.233. The Morgan fingerprint density at radius 2 is 1.22 bits per heavy atom. The molecule has 3 aromatic carbocycles. The van der Waals surface area contributed by atoms with Gasteiger partial charge in [0.1, 0.15) is 56.6 Å². The van der Waals surface area contributed by atoms with Gasteiger partial charge in [0.2, 0.25) is 17.7 Å². The van der Waals surface area contributed by atoms with Crippen LogP contribution >= 0.6 is 0 Å². The van der Waals surface area contributed by atoms with Crippen molar-refractivity contribution in [2.24, 2.45) is 11.8 Å². The van der Waals surface area contributed by atoms with Gasteiger partial charge in [-0.1, -0.05) is 94.3 Å². The normalized spacial score (nSPS) is 17.3. The molecule has 2 fully saturated rings. The highest BCUT2D eigenvalue weighted by Crippen LogP contribution is 2.32. The Morgan fingerprint density at radius 3 is 1.83 bits per heavy atom. The summed E-state index contributed by atoms with van der Waals surface area (Å²) in [5, 5.41) is 11.9. The summed E-state index contributed by atoms with van der Waals surface area (Å²) in [6.07, 6.45) is 6.60. The van der Waals surface area contributed by atoms with E-state index in [1.807, 2.05) is 94.4 Å². The highest BCUT2D eigenvalue weighted by molar-refractivity contribution is 5.99. The van der Waals surface area contributed by atoms with E-state index in [4.69, 9.17) is 39.6 Å². The van der Waals surface area contributed by atoms with Crippen molar-refractivity contribution < 1.29 is 66.4 Å². The predicted molar refractivity (Wildman–Crippen MR) is 285 cm³/mol. The molecule has 0 spiro atoms. The van der Waals surface area contributed by atoms with Gasteiger partial charge >= 0.3 is 5.97 Å². The van der Waals surface area contributed by atoms with E-state index in [-0.39, 0.29) is 81.5 Å². The van der Waals surface area contributed by atoms with Crippen LogP contribution < -0.4 is 30.7 Å². The number of morpholine rings is 1. The van der Waals surface area contributed by atoms with E-state index in [0.717, 1.165) is 16.7 Å². The van der Waals surface area contributed by atoms with E-state index in [9.17, 15) is 28.8 Å². The van der Waals surface area contributed by atoms with Gasteiger partial charge in [0, 0.05) is 18.9 Å². The molecule has 2 saturated heterocycles. The summed E-state index contributed by atoms with van der Waals surface area (Å²) < 4.78 is 39.4. The Bertz CT molecular complexity index is 2370. The quantitative estimate of drug-likeness (QED) is 0.0164. The average Bonchev–Trinajstić information content (AvgIpc) is 4.15. The van der Waals surface area contributed by atoms with Crippen LogP contribution in [0.5, 0.6) is 11.5 Å². The van der Waals surface area contributed by atoms with Gasteiger partial charge in [0.05, 0.1) is 58.9 Å². The molecule has 0 saturated carbocycles. The second-order valence-corrected chi connectivity index (χ2v) is 20.6. The maximum absolute atomic E-state index is 14.6. The summed E-state index contributed by atoms with van der Waals surface area (Å²) in [7, 11) is 0. The zero-order chi connectivity index (χ0) is 54.9. The number of nitrogens with one attached hydrogen (secondary N) is 4. The van der Waals surface area contributed by atoms with Crippen molar-refractivity contribution in [2.45, 2.75) is 110 Å². The largest absolute Gasteiger partial charge is 0.487 e. The minimum Gasteiger partial charge on any atom is -0.487 e. The monoisotopic (exact) mass is 1050 g/mol. The van der Waals surface area contributed by atoms with Crippen LogP contribution in [0.1, 0.15) is 77.5 Å². The number of carbonyl (C=O) groups is 6. The number of hydrogen-bond acceptors (Lipinski definition) is 13. The molecule has 2 aliphatic rings. The van der Waals surface area contributed by atoms with Crippen LogP contribution in [0, 0.1) is 24.2 Å². The number of terminal acetylenes is 1. The average molecular weight is 1060 g/mol. The van der Waals surface area contributed by atoms with Crippen molar-refractivity contribution in [2.75, 3.05) is 85.7 Å². The molecule has 0 radical (unpaired) electrons. The molecule has 2 aliphatic heterocycles. The van der Waals surface area contributed by atoms with Crippen LogP contribution in [-0.2, 0) is 71.8 Å². The number of hydrogen-bond donors (Lipinski definition) is 4. The number of Topliss-reactive ketones (excluding diaryl/α,β-unsaturated/α-hetero) is 1. The van der Waals surface area contributed by atoms with E-state index in [2.05, 4.69) is 27.2 Å². The van der Waals surface area contributed by atoms with E-state index < -0.39 is 53.5 Å². The number of ketones is 1. The summed E-state index contributed by atoms with van der Waals surface area (Å²) in [6, 6.07) is 20.1. The smallest absolute Gasteiger partial charge is 0.308 e. The van der Waals surface area contributed by atoms with Crippen molar-refractivity contribution >= 4 is 35.4 Å². The highest BCUT2D eigenvalue weighted by Gasteiger charge is 2.50. The Hall–Kier alpha value is -6.20. The van der Waals surface area contributed by atoms with Gasteiger partial charge in [-0.05, 0) is 73.8 Å². The number of carbonyl (C=O) groups excluding carboxylic acids is 6. The number of aryl methyl sites for hydroxylation is 1. The van der Waals surface area contributed by atoms with E-state index in [0.29, 0.717) is 82.3 Å². The third-order valence-corrected chi connectivity index (χ3v) is 13.0. The number of ether oxygens (including phenoxy) is 7. The fourth-order valence-electron chi connectivity index (χ4n) is 8.94. The number of epoxide rings is 1. The molecular weight excluding hydrogens is 975 g/mol. The summed E-state index contributed by atoms with van der Waals surface area (Å²) >= 11 is 0. The topological polar surface area (TPSA) is 218 Å². The Kier molecular flexibility index (Phi) is 24.8. The fourth-order valence-corrected chi connectivity index (χ4v) is 8.94. The molecule has 5 atom stereocenters. The van der Waals surface area contributed by atoms with Gasteiger partial charge in [0.15, 0.2) is 23.8 Å². The number of benzene rings is 3. The molecule has 2 heterocycles. The van der Waals surface area contributed by atoms with Gasteiger partial charge in [0.25, 0.3) is 5.91 Å². The maximum Gasteiger partial charge on any atom is 0.308 e. The van der Waals surface area contributed by atoms with Gasteiger partial charge in [-0.2, -0.15) is 0 Å². The minimum atomic E-state index is -1.10. The van der Waals surface area contributed by atoms with Gasteiger partial charge in [-0.3, -0.25) is 28.8 Å². The molecule has 0 aliphatic carbocycles. The molecule has 4 N–H and O–H groups in total. The number of amides is 4. The molecular formula is C58H80N5O13+. The zero-order valence-corrected chi connectivity index (χ0v) is 45.2. The molecule has 0 unspecified atom stereocenters. The van der Waals surface area contributed by atoms with Crippen LogP contribution in [-0.4, -0.2) is 155 Å². The Labute approximate surface area is 448 Å². The van der Waals surface area contributed by atoms with E-state index >= 15 is 0 Å². The third kappa shape index (κ3) is 21.1. The molecule has 18 heteroatoms. The maximum atomic E-state index is 14.6. The van der Waals surface area contributed by atoms with Gasteiger partial charge < -0.3 is 58.9 Å². The Balaban J connectivity index is 1.31. The van der Waals surface area contributed by atoms with Gasteiger partial charge in [-0.25, -0.2) is 0 Å². The third-order valence-electron chi connectivity index (χ3n) is 13.0. The first-order chi connectivity index (χ1) is 36.5. The lowest BCUT2D eigenvalue weighted by atomic mass is 9.93. The van der Waals surface area contributed by atoms with Crippen molar-refractivity contribution in [3.63, 3.8) is 0 Å². The van der Waals surface area contributed by atoms with Crippen LogP contribution in [0.4, 0.5) is 0 Å². The van der Waals surface area contributed by atoms with Gasteiger partial charge in [-0.15, -0.1) is 6.42 Å². The van der Waals surface area contributed by atoms with Crippen molar-refractivity contribution in [3.8, 4) is 23.8 Å². The van der Waals surface area contributed by atoms with Crippen LogP contribution in [0.3, 0.4) is 0 Å². The first-order valence-corrected chi connectivity index (χ1v) is 26.5. The molecule has 18 nitrogen and oxygen atoms in total. The summed E-state index contributed by atoms with van der Waals surface area (Å²) in [6.45, 7) is 15.3. The highest BCUT2D eigenvalue weighted by atomic mass is 16.6. The van der Waals surface area contributed by atoms with Crippen LogP contribution in [0.25, 0.3) is 0 Å². The second kappa shape index (κ2) is 31.1.